The van der Waals surface area contributed by atoms with Gasteiger partial charge in [0.2, 0.25) is 0 Å². The highest BCUT2D eigenvalue weighted by atomic mass is 15.2. The molecule has 146 valence electrons. The summed E-state index contributed by atoms with van der Waals surface area (Å²) in [6.45, 7) is 5.97. The summed E-state index contributed by atoms with van der Waals surface area (Å²) in [6, 6.07) is 3.86. The van der Waals surface area contributed by atoms with E-state index in [0.29, 0.717) is 17.1 Å². The Hall–Kier alpha value is -3.75. The minimum Gasteiger partial charge on any atom is -0.355 e. The van der Waals surface area contributed by atoms with Crippen LogP contribution in [0.4, 0.5) is 5.82 Å². The van der Waals surface area contributed by atoms with E-state index in [-0.39, 0.29) is 0 Å². The lowest BCUT2D eigenvalue weighted by molar-refractivity contribution is 0.574. The largest absolute Gasteiger partial charge is 0.355 e. The molecule has 0 spiro atoms. The number of H-pyrrole nitrogens is 2. The Morgan fingerprint density at radius 2 is 2.07 bits per heavy atom. The second-order valence-corrected chi connectivity index (χ2v) is 7.15. The molecule has 0 saturated carbocycles. The van der Waals surface area contributed by atoms with Crippen LogP contribution < -0.4 is 10.7 Å². The van der Waals surface area contributed by atoms with Crippen LogP contribution in [0.3, 0.4) is 0 Å². The smallest absolute Gasteiger partial charge is 0.159 e. The Kier molecular flexibility index (Phi) is 4.19. The average Bonchev–Trinajstić information content (AvgIpc) is 3.37. The lowest BCUT2D eigenvalue weighted by Crippen LogP contribution is -2.30. The molecule has 5 heterocycles. The molecule has 0 amide bonds. The summed E-state index contributed by atoms with van der Waals surface area (Å²) in [6.07, 6.45) is 8.67. The lowest BCUT2D eigenvalue weighted by atomic mass is 10.1. The topological polar surface area (TPSA) is 125 Å². The number of rotatable bonds is 4. The van der Waals surface area contributed by atoms with Gasteiger partial charge in [0.05, 0.1) is 29.1 Å². The third-order valence-corrected chi connectivity index (χ3v) is 5.27. The van der Waals surface area contributed by atoms with Gasteiger partial charge in [0.25, 0.3) is 0 Å². The zero-order valence-corrected chi connectivity index (χ0v) is 15.9. The predicted octanol–water partition coefficient (Wildman–Crippen LogP) is 2.84. The van der Waals surface area contributed by atoms with E-state index < -0.39 is 0 Å². The van der Waals surface area contributed by atoms with Gasteiger partial charge in [-0.1, -0.05) is 6.58 Å². The van der Waals surface area contributed by atoms with Crippen molar-refractivity contribution >= 4 is 39.5 Å². The number of aromatic nitrogens is 6. The number of piperidine rings is 1. The van der Waals surface area contributed by atoms with E-state index in [4.69, 9.17) is 10.8 Å². The standard InChI is InChI=1S/C20H21N9/c1-12(10-24-21)15-9-13-16(11-23-15)27-28-17(13)19-25-14-5-6-22-20(18(14)26-19)29-7-3-2-4-8-29/h5-6,9-11H,1-4,7-8,21H2,(H,25,26)(H,27,28)/b24-10-. The molecule has 5 rings (SSSR count). The maximum Gasteiger partial charge on any atom is 0.159 e. The minimum atomic E-state index is 0.628. The Balaban J connectivity index is 1.61. The van der Waals surface area contributed by atoms with Crippen molar-refractivity contribution in [1.82, 2.24) is 30.1 Å². The highest BCUT2D eigenvalue weighted by Crippen LogP contribution is 2.30. The average molecular weight is 387 g/mol. The minimum absolute atomic E-state index is 0.628. The molecule has 0 radical (unpaired) electrons. The van der Waals surface area contributed by atoms with E-state index in [1.807, 2.05) is 18.3 Å². The Labute approximate surface area is 166 Å². The number of imidazole rings is 1. The molecule has 0 unspecified atom stereocenters. The number of aromatic amines is 2. The summed E-state index contributed by atoms with van der Waals surface area (Å²) in [5.74, 6) is 6.85. The van der Waals surface area contributed by atoms with Crippen LogP contribution in [0.25, 0.3) is 39.0 Å². The SMILES string of the molecule is C=C(/C=N\N)c1cc2c(-c3nc4c(N5CCCCC5)nccc4[nH]3)n[nH]c2cn1. The van der Waals surface area contributed by atoms with E-state index in [1.54, 1.807) is 6.20 Å². The molecule has 9 heteroatoms. The van der Waals surface area contributed by atoms with Crippen molar-refractivity contribution in [2.24, 2.45) is 10.9 Å². The molecule has 4 aromatic heterocycles. The molecule has 0 aliphatic carbocycles. The fourth-order valence-electron chi connectivity index (χ4n) is 3.80. The maximum absolute atomic E-state index is 5.24. The van der Waals surface area contributed by atoms with Crippen LogP contribution >= 0.6 is 0 Å². The third-order valence-electron chi connectivity index (χ3n) is 5.27. The molecule has 1 saturated heterocycles. The van der Waals surface area contributed by atoms with Gasteiger partial charge in [-0.05, 0) is 31.4 Å². The van der Waals surface area contributed by atoms with Gasteiger partial charge in [-0.3, -0.25) is 10.1 Å². The molecule has 1 aliphatic heterocycles. The van der Waals surface area contributed by atoms with Crippen molar-refractivity contribution in [2.75, 3.05) is 18.0 Å². The van der Waals surface area contributed by atoms with Crippen LogP contribution in [0.15, 0.2) is 36.2 Å². The van der Waals surface area contributed by atoms with Crippen molar-refractivity contribution in [1.29, 1.82) is 0 Å². The zero-order chi connectivity index (χ0) is 19.8. The van der Waals surface area contributed by atoms with E-state index >= 15 is 0 Å². The molecule has 1 aliphatic rings. The second kappa shape index (κ2) is 7.01. The number of nitrogens with two attached hydrogens (primary N) is 1. The van der Waals surface area contributed by atoms with Gasteiger partial charge in [-0.15, -0.1) is 0 Å². The molecular formula is C20H21N9. The molecule has 0 aromatic carbocycles. The van der Waals surface area contributed by atoms with Gasteiger partial charge in [-0.2, -0.15) is 10.2 Å². The zero-order valence-electron chi connectivity index (χ0n) is 15.9. The van der Waals surface area contributed by atoms with Crippen LogP contribution in [-0.4, -0.2) is 49.4 Å². The summed E-state index contributed by atoms with van der Waals surface area (Å²) >= 11 is 0. The van der Waals surface area contributed by atoms with Gasteiger partial charge in [0.1, 0.15) is 11.2 Å². The number of pyridine rings is 2. The fraction of sp³-hybridized carbons (Fsp3) is 0.250. The summed E-state index contributed by atoms with van der Waals surface area (Å²) < 4.78 is 0. The van der Waals surface area contributed by atoms with Crippen LogP contribution in [0, 0.1) is 0 Å². The lowest BCUT2D eigenvalue weighted by Gasteiger charge is -2.27. The molecule has 29 heavy (non-hydrogen) atoms. The van der Waals surface area contributed by atoms with Gasteiger partial charge in [0.15, 0.2) is 11.6 Å². The first-order valence-electron chi connectivity index (χ1n) is 9.61. The van der Waals surface area contributed by atoms with Crippen molar-refractivity contribution in [3.8, 4) is 11.5 Å². The molecule has 9 nitrogen and oxygen atoms in total. The van der Waals surface area contributed by atoms with Crippen molar-refractivity contribution in [2.45, 2.75) is 19.3 Å². The van der Waals surface area contributed by atoms with E-state index in [0.717, 1.165) is 46.5 Å². The highest BCUT2D eigenvalue weighted by Gasteiger charge is 2.19. The van der Waals surface area contributed by atoms with E-state index in [1.165, 1.54) is 25.5 Å². The molecule has 1 fully saturated rings. The summed E-state index contributed by atoms with van der Waals surface area (Å²) in [5, 5.41) is 11.9. The molecular weight excluding hydrogens is 366 g/mol. The number of nitrogens with zero attached hydrogens (tertiary/aromatic N) is 6. The Morgan fingerprint density at radius 3 is 2.90 bits per heavy atom. The second-order valence-electron chi connectivity index (χ2n) is 7.15. The molecule has 0 bridgehead atoms. The van der Waals surface area contributed by atoms with E-state index in [2.05, 4.69) is 41.7 Å². The molecule has 4 N–H and O–H groups in total. The summed E-state index contributed by atoms with van der Waals surface area (Å²) in [4.78, 5) is 19.6. The summed E-state index contributed by atoms with van der Waals surface area (Å²) in [5.41, 5.74) is 4.66. The van der Waals surface area contributed by atoms with Crippen molar-refractivity contribution < 1.29 is 0 Å². The number of allylic oxidation sites excluding steroid dienone is 1. The normalized spacial score (nSPS) is 15.0. The highest BCUT2D eigenvalue weighted by molar-refractivity contribution is 6.09. The number of hydrazone groups is 1. The first-order valence-corrected chi connectivity index (χ1v) is 9.61. The first-order chi connectivity index (χ1) is 14.2. The van der Waals surface area contributed by atoms with E-state index in [9.17, 15) is 0 Å². The number of fused-ring (bicyclic) bond motifs is 2. The maximum atomic E-state index is 5.24. The van der Waals surface area contributed by atoms with Crippen molar-refractivity contribution in [3.05, 3.63) is 36.8 Å². The predicted molar refractivity (Wildman–Crippen MR) is 115 cm³/mol. The number of anilines is 1. The van der Waals surface area contributed by atoms with Crippen LogP contribution in [-0.2, 0) is 0 Å². The van der Waals surface area contributed by atoms with Gasteiger partial charge < -0.3 is 15.7 Å². The van der Waals surface area contributed by atoms with Crippen LogP contribution in [0.1, 0.15) is 25.0 Å². The third kappa shape index (κ3) is 3.00. The Morgan fingerprint density at radius 1 is 1.21 bits per heavy atom. The summed E-state index contributed by atoms with van der Waals surface area (Å²) in [7, 11) is 0. The molecule has 4 aromatic rings. The fourth-order valence-corrected chi connectivity index (χ4v) is 3.80. The number of hydrogen-bond donors (Lipinski definition) is 3. The Bertz CT molecular complexity index is 1230. The number of hydrogen-bond acceptors (Lipinski definition) is 7. The monoisotopic (exact) mass is 387 g/mol. The van der Waals surface area contributed by atoms with Gasteiger partial charge in [0, 0.05) is 30.2 Å². The van der Waals surface area contributed by atoms with Gasteiger partial charge >= 0.3 is 0 Å². The van der Waals surface area contributed by atoms with Gasteiger partial charge in [-0.25, -0.2) is 9.97 Å². The van der Waals surface area contributed by atoms with Crippen LogP contribution in [0.5, 0.6) is 0 Å². The number of nitrogens with one attached hydrogen (secondary N) is 2. The van der Waals surface area contributed by atoms with Crippen LogP contribution in [0.2, 0.25) is 0 Å². The molecule has 0 atom stereocenters. The quantitative estimate of drug-likeness (QED) is 0.281. The van der Waals surface area contributed by atoms with Crippen molar-refractivity contribution in [3.63, 3.8) is 0 Å². The first kappa shape index (κ1) is 17.4.